The number of aromatic nitrogens is 2. The second-order valence-electron chi connectivity index (χ2n) is 7.65. The zero-order valence-electron chi connectivity index (χ0n) is 16.2. The SMILES string of the molecule is CC1CN(C(=O)C2CCCN2c2nc(Cc3ccc(F)cc3)ns2)CC(C)O1. The van der Waals surface area contributed by atoms with Crippen molar-refractivity contribution < 1.29 is 13.9 Å². The minimum absolute atomic E-state index is 0.0615. The van der Waals surface area contributed by atoms with Crippen LogP contribution in [0.3, 0.4) is 0 Å². The molecule has 0 spiro atoms. The third-order valence-electron chi connectivity index (χ3n) is 5.25. The third kappa shape index (κ3) is 4.17. The molecule has 2 saturated heterocycles. The van der Waals surface area contributed by atoms with E-state index in [1.165, 1.54) is 23.7 Å². The second kappa shape index (κ2) is 8.13. The predicted molar refractivity (Wildman–Crippen MR) is 106 cm³/mol. The molecular weight excluding hydrogens is 379 g/mol. The van der Waals surface area contributed by atoms with Crippen molar-refractivity contribution in [3.8, 4) is 0 Å². The minimum atomic E-state index is -0.249. The molecule has 3 heterocycles. The van der Waals surface area contributed by atoms with Gasteiger partial charge in [-0.3, -0.25) is 4.79 Å². The molecule has 0 aliphatic carbocycles. The van der Waals surface area contributed by atoms with Gasteiger partial charge in [-0.05, 0) is 44.4 Å². The summed E-state index contributed by atoms with van der Waals surface area (Å²) in [5.41, 5.74) is 0.969. The molecule has 3 atom stereocenters. The molecule has 6 nitrogen and oxygen atoms in total. The normalized spacial score (nSPS) is 25.3. The molecule has 2 aliphatic rings. The van der Waals surface area contributed by atoms with Crippen molar-refractivity contribution in [3.63, 3.8) is 0 Å². The van der Waals surface area contributed by atoms with Crippen molar-refractivity contribution >= 4 is 22.6 Å². The van der Waals surface area contributed by atoms with Gasteiger partial charge in [0.05, 0.1) is 12.2 Å². The molecule has 0 saturated carbocycles. The maximum atomic E-state index is 13.2. The minimum Gasteiger partial charge on any atom is -0.372 e. The number of morpholine rings is 1. The summed E-state index contributed by atoms with van der Waals surface area (Å²) in [6, 6.07) is 6.21. The van der Waals surface area contributed by atoms with Crippen LogP contribution >= 0.6 is 11.5 Å². The molecule has 28 heavy (non-hydrogen) atoms. The molecule has 1 aromatic carbocycles. The number of carbonyl (C=O) groups is 1. The summed E-state index contributed by atoms with van der Waals surface area (Å²) in [5, 5.41) is 0.794. The highest BCUT2D eigenvalue weighted by Gasteiger charge is 2.37. The molecule has 0 radical (unpaired) electrons. The van der Waals surface area contributed by atoms with E-state index in [9.17, 15) is 9.18 Å². The highest BCUT2D eigenvalue weighted by Crippen LogP contribution is 2.29. The average Bonchev–Trinajstić information content (AvgIpc) is 3.31. The van der Waals surface area contributed by atoms with Crippen LogP contribution in [0, 0.1) is 5.82 Å². The van der Waals surface area contributed by atoms with Gasteiger partial charge in [-0.15, -0.1) is 0 Å². The number of anilines is 1. The Hall–Kier alpha value is -2.06. The first-order valence-corrected chi connectivity index (χ1v) is 10.5. The van der Waals surface area contributed by atoms with Gasteiger partial charge in [0.2, 0.25) is 11.0 Å². The Bertz CT molecular complexity index is 818. The second-order valence-corrected chi connectivity index (χ2v) is 8.38. The lowest BCUT2D eigenvalue weighted by Crippen LogP contribution is -2.53. The molecule has 0 bridgehead atoms. The van der Waals surface area contributed by atoms with Crippen LogP contribution in [0.5, 0.6) is 0 Å². The number of hydrogen-bond donors (Lipinski definition) is 0. The Morgan fingerprint density at radius 3 is 2.68 bits per heavy atom. The van der Waals surface area contributed by atoms with Crippen molar-refractivity contribution in [2.45, 2.75) is 51.4 Å². The molecule has 1 amide bonds. The van der Waals surface area contributed by atoms with Gasteiger partial charge in [-0.25, -0.2) is 9.37 Å². The number of ether oxygens (including phenoxy) is 1. The summed E-state index contributed by atoms with van der Waals surface area (Å²) in [7, 11) is 0. The molecule has 2 aromatic rings. The Morgan fingerprint density at radius 2 is 1.96 bits per heavy atom. The standard InChI is InChI=1S/C20H25FN4O2S/c1-13-11-24(12-14(2)27-13)19(26)17-4-3-9-25(17)20-22-18(23-28-20)10-15-5-7-16(21)8-6-15/h5-8,13-14,17H,3-4,9-12H2,1-2H3. The van der Waals surface area contributed by atoms with Crippen LogP contribution in [0.15, 0.2) is 24.3 Å². The molecule has 1 aromatic heterocycles. The first-order valence-electron chi connectivity index (χ1n) is 9.77. The fourth-order valence-electron chi connectivity index (χ4n) is 4.04. The summed E-state index contributed by atoms with van der Waals surface area (Å²) in [6.07, 6.45) is 2.49. The van der Waals surface area contributed by atoms with Crippen LogP contribution in [0.4, 0.5) is 9.52 Å². The lowest BCUT2D eigenvalue weighted by atomic mass is 10.1. The number of hydrogen-bond acceptors (Lipinski definition) is 6. The lowest BCUT2D eigenvalue weighted by Gasteiger charge is -2.38. The van der Waals surface area contributed by atoms with E-state index >= 15 is 0 Å². The highest BCUT2D eigenvalue weighted by molar-refractivity contribution is 7.09. The van der Waals surface area contributed by atoms with E-state index in [0.29, 0.717) is 25.3 Å². The number of halogens is 1. The van der Waals surface area contributed by atoms with Crippen molar-refractivity contribution in [2.24, 2.45) is 0 Å². The molecule has 4 rings (SSSR count). The van der Waals surface area contributed by atoms with Gasteiger partial charge in [0.1, 0.15) is 17.7 Å². The van der Waals surface area contributed by atoms with Gasteiger partial charge in [0.15, 0.2) is 0 Å². The van der Waals surface area contributed by atoms with Gasteiger partial charge < -0.3 is 14.5 Å². The molecule has 2 aliphatic heterocycles. The Morgan fingerprint density at radius 1 is 1.25 bits per heavy atom. The van der Waals surface area contributed by atoms with Crippen molar-refractivity contribution in [1.82, 2.24) is 14.3 Å². The van der Waals surface area contributed by atoms with Gasteiger partial charge in [-0.1, -0.05) is 12.1 Å². The topological polar surface area (TPSA) is 58.6 Å². The monoisotopic (exact) mass is 404 g/mol. The van der Waals surface area contributed by atoms with E-state index in [4.69, 9.17) is 4.74 Å². The smallest absolute Gasteiger partial charge is 0.245 e. The van der Waals surface area contributed by atoms with E-state index in [2.05, 4.69) is 14.3 Å². The number of carbonyl (C=O) groups excluding carboxylic acids is 1. The van der Waals surface area contributed by atoms with Crippen LogP contribution in [-0.2, 0) is 16.0 Å². The average molecular weight is 405 g/mol. The van der Waals surface area contributed by atoms with Crippen molar-refractivity contribution in [1.29, 1.82) is 0 Å². The molecular formula is C20H25FN4O2S. The van der Waals surface area contributed by atoms with Gasteiger partial charge in [0, 0.05) is 37.6 Å². The van der Waals surface area contributed by atoms with Gasteiger partial charge in [-0.2, -0.15) is 4.37 Å². The summed E-state index contributed by atoms with van der Waals surface area (Å²) in [5.74, 6) is 0.619. The van der Waals surface area contributed by atoms with E-state index < -0.39 is 0 Å². The third-order valence-corrected chi connectivity index (χ3v) is 6.04. The van der Waals surface area contributed by atoms with Crippen LogP contribution < -0.4 is 4.90 Å². The number of nitrogens with zero attached hydrogens (tertiary/aromatic N) is 4. The van der Waals surface area contributed by atoms with Gasteiger partial charge >= 0.3 is 0 Å². The van der Waals surface area contributed by atoms with Crippen LogP contribution in [0.2, 0.25) is 0 Å². The summed E-state index contributed by atoms with van der Waals surface area (Å²) in [4.78, 5) is 21.8. The molecule has 8 heteroatoms. The first kappa shape index (κ1) is 19.3. The quantitative estimate of drug-likeness (QED) is 0.784. The maximum Gasteiger partial charge on any atom is 0.245 e. The number of benzene rings is 1. The van der Waals surface area contributed by atoms with Crippen molar-refractivity contribution in [2.75, 3.05) is 24.5 Å². The predicted octanol–water partition coefficient (Wildman–Crippen LogP) is 2.87. The largest absolute Gasteiger partial charge is 0.372 e. The molecule has 150 valence electrons. The summed E-state index contributed by atoms with van der Waals surface area (Å²) < 4.78 is 23.3. The van der Waals surface area contributed by atoms with E-state index in [1.807, 2.05) is 18.7 Å². The fraction of sp³-hybridized carbons (Fsp3) is 0.550. The van der Waals surface area contributed by atoms with E-state index in [-0.39, 0.29) is 30.0 Å². The lowest BCUT2D eigenvalue weighted by molar-refractivity contribution is -0.144. The molecule has 2 fully saturated rings. The Balaban J connectivity index is 1.45. The highest BCUT2D eigenvalue weighted by atomic mass is 32.1. The summed E-state index contributed by atoms with van der Waals surface area (Å²) >= 11 is 1.33. The zero-order valence-corrected chi connectivity index (χ0v) is 17.0. The van der Waals surface area contributed by atoms with E-state index in [0.717, 1.165) is 30.1 Å². The fourth-order valence-corrected chi connectivity index (χ4v) is 4.80. The molecule has 3 unspecified atom stereocenters. The number of amides is 1. The first-order chi connectivity index (χ1) is 13.5. The number of rotatable bonds is 4. The zero-order chi connectivity index (χ0) is 19.7. The van der Waals surface area contributed by atoms with Crippen LogP contribution in [0.25, 0.3) is 0 Å². The van der Waals surface area contributed by atoms with Crippen molar-refractivity contribution in [3.05, 3.63) is 41.5 Å². The maximum absolute atomic E-state index is 13.2. The van der Waals surface area contributed by atoms with Crippen LogP contribution in [0.1, 0.15) is 38.1 Å². The summed E-state index contributed by atoms with van der Waals surface area (Å²) in [6.45, 7) is 6.11. The van der Waals surface area contributed by atoms with Gasteiger partial charge in [0.25, 0.3) is 0 Å². The Kier molecular flexibility index (Phi) is 5.59. The molecule has 0 N–H and O–H groups in total. The van der Waals surface area contributed by atoms with Crippen LogP contribution in [-0.4, -0.2) is 58.0 Å². The Labute approximate surface area is 168 Å². The van der Waals surface area contributed by atoms with E-state index in [1.54, 1.807) is 12.1 Å².